The molecule has 0 aliphatic rings. The van der Waals surface area contributed by atoms with Crippen LogP contribution in [0.4, 0.5) is 4.79 Å². The number of rotatable bonds is 7. The van der Waals surface area contributed by atoms with Crippen molar-refractivity contribution < 1.29 is 9.90 Å². The predicted molar refractivity (Wildman–Crippen MR) is 68.3 cm³/mol. The van der Waals surface area contributed by atoms with E-state index >= 15 is 0 Å². The van der Waals surface area contributed by atoms with Crippen LogP contribution in [0.1, 0.15) is 24.0 Å². The summed E-state index contributed by atoms with van der Waals surface area (Å²) in [6, 6.07) is -0.190. The molecule has 1 rings (SSSR count). The number of hydrogen-bond donors (Lipinski definition) is 3. The number of carbonyl (C=O) groups is 1. The van der Waals surface area contributed by atoms with Crippen LogP contribution in [0, 0.1) is 0 Å². The van der Waals surface area contributed by atoms with Crippen LogP contribution in [-0.4, -0.2) is 35.8 Å². The van der Waals surface area contributed by atoms with Crippen LogP contribution in [-0.2, 0) is 12.8 Å². The smallest absolute Gasteiger partial charge is 0.314 e. The van der Waals surface area contributed by atoms with E-state index in [4.69, 9.17) is 5.11 Å². The van der Waals surface area contributed by atoms with Crippen molar-refractivity contribution >= 4 is 17.4 Å². The predicted octanol–water partition coefficient (Wildman–Crippen LogP) is 0.930. The van der Waals surface area contributed by atoms with Crippen molar-refractivity contribution in [2.24, 2.45) is 0 Å². The number of aliphatic hydroxyl groups excluding tert-OH is 1. The fraction of sp³-hybridized carbons (Fsp3) is 0.636. The van der Waals surface area contributed by atoms with Crippen LogP contribution in [0.15, 0.2) is 5.38 Å². The third kappa shape index (κ3) is 5.65. The molecule has 0 atom stereocenters. The minimum Gasteiger partial charge on any atom is -0.396 e. The average molecular weight is 257 g/mol. The van der Waals surface area contributed by atoms with Gasteiger partial charge in [-0.05, 0) is 12.8 Å². The number of nitrogens with zero attached hydrogens (tertiary/aromatic N) is 1. The van der Waals surface area contributed by atoms with Gasteiger partial charge in [-0.3, -0.25) is 0 Å². The van der Waals surface area contributed by atoms with Gasteiger partial charge in [-0.1, -0.05) is 6.92 Å². The average Bonchev–Trinajstić information content (AvgIpc) is 2.77. The summed E-state index contributed by atoms with van der Waals surface area (Å²) in [5, 5.41) is 17.1. The number of aryl methyl sites for hydroxylation is 1. The van der Waals surface area contributed by atoms with Crippen LogP contribution < -0.4 is 10.6 Å². The van der Waals surface area contributed by atoms with Crippen LogP contribution in [0.5, 0.6) is 0 Å². The summed E-state index contributed by atoms with van der Waals surface area (Å²) >= 11 is 1.66. The molecule has 0 radical (unpaired) electrons. The lowest BCUT2D eigenvalue weighted by Crippen LogP contribution is -2.37. The van der Waals surface area contributed by atoms with Gasteiger partial charge >= 0.3 is 6.03 Å². The molecule has 0 unspecified atom stereocenters. The Morgan fingerprint density at radius 3 is 2.88 bits per heavy atom. The van der Waals surface area contributed by atoms with E-state index in [1.807, 2.05) is 5.38 Å². The first-order valence-electron chi connectivity index (χ1n) is 5.82. The van der Waals surface area contributed by atoms with Crippen molar-refractivity contribution in [3.05, 3.63) is 16.1 Å². The number of aromatic nitrogens is 1. The molecule has 1 aromatic heterocycles. The SMILES string of the molecule is CCc1nc(CCNC(=O)NCCCO)cs1. The van der Waals surface area contributed by atoms with E-state index < -0.39 is 0 Å². The Kier molecular flexibility index (Phi) is 6.57. The summed E-state index contributed by atoms with van der Waals surface area (Å²) in [5.74, 6) is 0. The Labute approximate surface area is 105 Å². The number of nitrogens with one attached hydrogen (secondary N) is 2. The zero-order valence-corrected chi connectivity index (χ0v) is 10.8. The molecule has 1 heterocycles. The van der Waals surface area contributed by atoms with Crippen molar-refractivity contribution in [1.82, 2.24) is 15.6 Å². The second kappa shape index (κ2) is 8.03. The maximum Gasteiger partial charge on any atom is 0.314 e. The third-order valence-electron chi connectivity index (χ3n) is 2.19. The minimum absolute atomic E-state index is 0.0961. The summed E-state index contributed by atoms with van der Waals surface area (Å²) in [7, 11) is 0. The maximum absolute atomic E-state index is 11.2. The van der Waals surface area contributed by atoms with E-state index in [2.05, 4.69) is 22.5 Å². The van der Waals surface area contributed by atoms with Crippen molar-refractivity contribution in [1.29, 1.82) is 0 Å². The van der Waals surface area contributed by atoms with E-state index in [1.165, 1.54) is 0 Å². The molecular weight excluding hydrogens is 238 g/mol. The fourth-order valence-corrected chi connectivity index (χ4v) is 2.05. The molecule has 0 aromatic carbocycles. The van der Waals surface area contributed by atoms with E-state index in [0.29, 0.717) is 19.5 Å². The van der Waals surface area contributed by atoms with Gasteiger partial charge in [0.25, 0.3) is 0 Å². The molecule has 1 aromatic rings. The summed E-state index contributed by atoms with van der Waals surface area (Å²) in [4.78, 5) is 15.7. The molecule has 0 bridgehead atoms. The highest BCUT2D eigenvalue weighted by molar-refractivity contribution is 7.09. The number of thiazole rings is 1. The molecule has 17 heavy (non-hydrogen) atoms. The highest BCUT2D eigenvalue weighted by atomic mass is 32.1. The Hall–Kier alpha value is -1.14. The molecule has 0 saturated heterocycles. The minimum atomic E-state index is -0.190. The van der Waals surface area contributed by atoms with E-state index in [9.17, 15) is 4.79 Å². The number of hydrogen-bond acceptors (Lipinski definition) is 4. The van der Waals surface area contributed by atoms with Crippen molar-refractivity contribution in [3.8, 4) is 0 Å². The fourth-order valence-electron chi connectivity index (χ4n) is 1.27. The van der Waals surface area contributed by atoms with E-state index in [-0.39, 0.29) is 12.6 Å². The second-order valence-corrected chi connectivity index (χ2v) is 4.54. The van der Waals surface area contributed by atoms with Gasteiger partial charge in [0, 0.05) is 31.5 Å². The molecule has 96 valence electrons. The van der Waals surface area contributed by atoms with Gasteiger partial charge in [0.2, 0.25) is 0 Å². The molecule has 5 nitrogen and oxygen atoms in total. The standard InChI is InChI=1S/C11H19N3O2S/c1-2-10-14-9(8-17-10)4-6-13-11(16)12-5-3-7-15/h8,15H,2-7H2,1H3,(H2,12,13,16). The van der Waals surface area contributed by atoms with Crippen LogP contribution in [0.25, 0.3) is 0 Å². The summed E-state index contributed by atoms with van der Waals surface area (Å²) in [5.41, 5.74) is 1.03. The molecule has 2 amide bonds. The van der Waals surface area contributed by atoms with Gasteiger partial charge in [-0.15, -0.1) is 11.3 Å². The van der Waals surface area contributed by atoms with Gasteiger partial charge in [-0.25, -0.2) is 9.78 Å². The monoisotopic (exact) mass is 257 g/mol. The number of urea groups is 1. The normalized spacial score (nSPS) is 10.2. The molecule has 0 saturated carbocycles. The molecule has 6 heteroatoms. The van der Waals surface area contributed by atoms with Gasteiger partial charge in [-0.2, -0.15) is 0 Å². The zero-order valence-electron chi connectivity index (χ0n) is 10.0. The zero-order chi connectivity index (χ0) is 12.5. The quantitative estimate of drug-likeness (QED) is 0.636. The first-order chi connectivity index (χ1) is 8.26. The van der Waals surface area contributed by atoms with Crippen LogP contribution in [0.3, 0.4) is 0 Å². The van der Waals surface area contributed by atoms with Crippen molar-refractivity contribution in [3.63, 3.8) is 0 Å². The van der Waals surface area contributed by atoms with E-state index in [1.54, 1.807) is 11.3 Å². The van der Waals surface area contributed by atoms with Crippen molar-refractivity contribution in [2.45, 2.75) is 26.2 Å². The van der Waals surface area contributed by atoms with Gasteiger partial charge < -0.3 is 15.7 Å². The lowest BCUT2D eigenvalue weighted by Gasteiger charge is -2.05. The van der Waals surface area contributed by atoms with Crippen LogP contribution in [0.2, 0.25) is 0 Å². The largest absolute Gasteiger partial charge is 0.396 e. The summed E-state index contributed by atoms with van der Waals surface area (Å²) in [6.45, 7) is 3.26. The van der Waals surface area contributed by atoms with Gasteiger partial charge in [0.05, 0.1) is 10.7 Å². The Bertz CT molecular complexity index is 341. The number of carbonyl (C=O) groups excluding carboxylic acids is 1. The Morgan fingerprint density at radius 2 is 2.24 bits per heavy atom. The molecule has 0 aliphatic carbocycles. The second-order valence-electron chi connectivity index (χ2n) is 3.60. The molecule has 0 spiro atoms. The molecule has 0 fully saturated rings. The topological polar surface area (TPSA) is 74.2 Å². The summed E-state index contributed by atoms with van der Waals surface area (Å²) in [6.07, 6.45) is 2.29. The Balaban J connectivity index is 2.12. The van der Waals surface area contributed by atoms with E-state index in [0.717, 1.165) is 23.5 Å². The lowest BCUT2D eigenvalue weighted by molar-refractivity contribution is 0.238. The maximum atomic E-state index is 11.2. The first-order valence-corrected chi connectivity index (χ1v) is 6.70. The third-order valence-corrected chi connectivity index (χ3v) is 3.23. The molecule has 0 aliphatic heterocycles. The Morgan fingerprint density at radius 1 is 1.47 bits per heavy atom. The van der Waals surface area contributed by atoms with Crippen molar-refractivity contribution in [2.75, 3.05) is 19.7 Å². The summed E-state index contributed by atoms with van der Waals surface area (Å²) < 4.78 is 0. The number of amides is 2. The van der Waals surface area contributed by atoms with Crippen LogP contribution >= 0.6 is 11.3 Å². The lowest BCUT2D eigenvalue weighted by atomic mass is 10.3. The van der Waals surface area contributed by atoms with Gasteiger partial charge in [0.15, 0.2) is 0 Å². The number of aliphatic hydroxyl groups is 1. The first kappa shape index (κ1) is 13.9. The highest BCUT2D eigenvalue weighted by Crippen LogP contribution is 2.09. The molecule has 3 N–H and O–H groups in total. The molecular formula is C11H19N3O2S. The highest BCUT2D eigenvalue weighted by Gasteiger charge is 2.02. The van der Waals surface area contributed by atoms with Gasteiger partial charge in [0.1, 0.15) is 0 Å².